The first kappa shape index (κ1) is 17.5. The molecule has 1 aromatic carbocycles. The quantitative estimate of drug-likeness (QED) is 0.471. The van der Waals surface area contributed by atoms with Crippen LogP contribution in [0.25, 0.3) is 5.65 Å². The van der Waals surface area contributed by atoms with Crippen molar-refractivity contribution < 1.29 is 9.13 Å². The van der Waals surface area contributed by atoms with Crippen molar-refractivity contribution in [3.63, 3.8) is 0 Å². The van der Waals surface area contributed by atoms with Crippen molar-refractivity contribution in [3.8, 4) is 5.75 Å². The molecule has 0 saturated carbocycles. The molecule has 4 aromatic rings. The Morgan fingerprint density at radius 2 is 1.96 bits per heavy atom. The maximum Gasteiger partial charge on any atom is 0.191 e. The molecular formula is C19H18FN5OS. The molecule has 138 valence electrons. The second-order valence-electron chi connectivity index (χ2n) is 6.10. The number of ether oxygens (including phenoxy) is 1. The fourth-order valence-electron chi connectivity index (χ4n) is 2.77. The third kappa shape index (κ3) is 3.80. The third-order valence-electron chi connectivity index (χ3n) is 4.12. The van der Waals surface area contributed by atoms with Crippen molar-refractivity contribution in [1.82, 2.24) is 24.1 Å². The summed E-state index contributed by atoms with van der Waals surface area (Å²) in [4.78, 5) is 4.59. The molecule has 0 bridgehead atoms. The van der Waals surface area contributed by atoms with Crippen LogP contribution in [0.15, 0.2) is 60.0 Å². The average Bonchev–Trinajstić information content (AvgIpc) is 3.25. The molecule has 27 heavy (non-hydrogen) atoms. The van der Waals surface area contributed by atoms with Crippen molar-refractivity contribution >= 4 is 17.4 Å². The molecule has 0 radical (unpaired) electrons. The first-order chi connectivity index (χ1) is 13.1. The first-order valence-corrected chi connectivity index (χ1v) is 9.45. The zero-order valence-electron chi connectivity index (χ0n) is 14.9. The van der Waals surface area contributed by atoms with Gasteiger partial charge in [0, 0.05) is 25.2 Å². The van der Waals surface area contributed by atoms with E-state index in [0.29, 0.717) is 17.3 Å². The molecule has 8 heteroatoms. The molecule has 1 unspecified atom stereocenters. The Bertz CT molecular complexity index is 1030. The molecule has 6 nitrogen and oxygen atoms in total. The Balaban J connectivity index is 1.44. The molecule has 0 aliphatic heterocycles. The molecule has 0 spiro atoms. The van der Waals surface area contributed by atoms with Gasteiger partial charge in [0.15, 0.2) is 17.1 Å². The van der Waals surface area contributed by atoms with Gasteiger partial charge in [-0.15, -0.1) is 10.2 Å². The Morgan fingerprint density at radius 3 is 2.74 bits per heavy atom. The minimum absolute atomic E-state index is 0.292. The number of fused-ring (bicyclic) bond motifs is 1. The van der Waals surface area contributed by atoms with Gasteiger partial charge < -0.3 is 13.7 Å². The smallest absolute Gasteiger partial charge is 0.191 e. The minimum Gasteiger partial charge on any atom is -0.483 e. The molecular weight excluding hydrogens is 365 g/mol. The number of rotatable bonds is 6. The number of nitrogens with zero attached hydrogens (tertiary/aromatic N) is 5. The lowest BCUT2D eigenvalue weighted by atomic mass is 10.3. The summed E-state index contributed by atoms with van der Waals surface area (Å²) in [5.41, 5.74) is 1.90. The van der Waals surface area contributed by atoms with Gasteiger partial charge in [-0.1, -0.05) is 17.8 Å². The van der Waals surface area contributed by atoms with Crippen molar-refractivity contribution in [2.45, 2.75) is 23.9 Å². The SMILES string of the molecule is CC(Oc1ccc(F)cc1)c1nnc(SCc2cn3ccccc3n2)n1C. The lowest BCUT2D eigenvalue weighted by Gasteiger charge is -2.14. The fraction of sp³-hybridized carbons (Fsp3) is 0.211. The van der Waals surface area contributed by atoms with E-state index in [1.54, 1.807) is 23.9 Å². The minimum atomic E-state index is -0.308. The van der Waals surface area contributed by atoms with Crippen molar-refractivity contribution in [2.24, 2.45) is 7.05 Å². The number of hydrogen-bond donors (Lipinski definition) is 0. The Morgan fingerprint density at radius 1 is 1.15 bits per heavy atom. The standard InChI is InChI=1S/C19H18FN5OS/c1-13(26-16-8-6-14(20)7-9-16)18-22-23-19(24(18)2)27-12-15-11-25-10-4-3-5-17(25)21-15/h3-11,13H,12H2,1-2H3. The van der Waals surface area contributed by atoms with E-state index in [-0.39, 0.29) is 11.9 Å². The van der Waals surface area contributed by atoms with E-state index in [0.717, 1.165) is 16.5 Å². The Kier molecular flexibility index (Phi) is 4.81. The molecule has 4 rings (SSSR count). The molecule has 0 aliphatic rings. The molecule has 0 aliphatic carbocycles. The highest BCUT2D eigenvalue weighted by Gasteiger charge is 2.17. The fourth-order valence-corrected chi connectivity index (χ4v) is 3.57. The van der Waals surface area contributed by atoms with Gasteiger partial charge in [-0.3, -0.25) is 0 Å². The summed E-state index contributed by atoms with van der Waals surface area (Å²) < 4.78 is 22.8. The number of thioether (sulfide) groups is 1. The van der Waals surface area contributed by atoms with Gasteiger partial charge in [-0.05, 0) is 43.3 Å². The van der Waals surface area contributed by atoms with E-state index in [9.17, 15) is 4.39 Å². The molecule has 0 saturated heterocycles. The van der Waals surface area contributed by atoms with Crippen LogP contribution in [0.5, 0.6) is 5.75 Å². The van der Waals surface area contributed by atoms with Gasteiger partial charge in [0.25, 0.3) is 0 Å². The second-order valence-corrected chi connectivity index (χ2v) is 7.04. The lowest BCUT2D eigenvalue weighted by Crippen LogP contribution is -2.10. The predicted molar refractivity (Wildman–Crippen MR) is 101 cm³/mol. The van der Waals surface area contributed by atoms with Crippen LogP contribution in [0, 0.1) is 5.82 Å². The van der Waals surface area contributed by atoms with Crippen molar-refractivity contribution in [2.75, 3.05) is 0 Å². The van der Waals surface area contributed by atoms with Crippen LogP contribution in [0.2, 0.25) is 0 Å². The largest absolute Gasteiger partial charge is 0.483 e. The molecule has 0 N–H and O–H groups in total. The summed E-state index contributed by atoms with van der Waals surface area (Å²) in [6.07, 6.45) is 3.68. The zero-order valence-corrected chi connectivity index (χ0v) is 15.7. The molecule has 1 atom stereocenters. The van der Waals surface area contributed by atoms with Gasteiger partial charge >= 0.3 is 0 Å². The summed E-state index contributed by atoms with van der Waals surface area (Å²) in [6, 6.07) is 11.9. The summed E-state index contributed by atoms with van der Waals surface area (Å²) >= 11 is 1.57. The highest BCUT2D eigenvalue weighted by molar-refractivity contribution is 7.98. The third-order valence-corrected chi connectivity index (χ3v) is 5.18. The summed E-state index contributed by atoms with van der Waals surface area (Å²) in [5, 5.41) is 9.30. The highest BCUT2D eigenvalue weighted by Crippen LogP contribution is 2.25. The maximum absolute atomic E-state index is 13.0. The summed E-state index contributed by atoms with van der Waals surface area (Å²) in [7, 11) is 1.91. The van der Waals surface area contributed by atoms with Gasteiger partial charge in [0.1, 0.15) is 17.2 Å². The summed E-state index contributed by atoms with van der Waals surface area (Å²) in [5.74, 6) is 1.70. The lowest BCUT2D eigenvalue weighted by molar-refractivity contribution is 0.211. The Labute approximate surface area is 160 Å². The van der Waals surface area contributed by atoms with Crippen LogP contribution in [-0.2, 0) is 12.8 Å². The molecule has 3 aromatic heterocycles. The maximum atomic E-state index is 13.0. The number of benzene rings is 1. The normalized spacial score (nSPS) is 12.4. The Hall–Kier alpha value is -2.87. The van der Waals surface area contributed by atoms with E-state index in [1.165, 1.54) is 12.1 Å². The van der Waals surface area contributed by atoms with Gasteiger partial charge in [-0.25, -0.2) is 9.37 Å². The number of pyridine rings is 1. The molecule has 0 amide bonds. The van der Waals surface area contributed by atoms with Crippen LogP contribution in [0.1, 0.15) is 24.5 Å². The van der Waals surface area contributed by atoms with Gasteiger partial charge in [0.05, 0.1) is 5.69 Å². The van der Waals surface area contributed by atoms with Gasteiger partial charge in [0.2, 0.25) is 0 Å². The van der Waals surface area contributed by atoms with E-state index in [2.05, 4.69) is 15.2 Å². The summed E-state index contributed by atoms with van der Waals surface area (Å²) in [6.45, 7) is 1.89. The molecule has 3 heterocycles. The topological polar surface area (TPSA) is 57.2 Å². The van der Waals surface area contributed by atoms with Crippen molar-refractivity contribution in [1.29, 1.82) is 0 Å². The van der Waals surface area contributed by atoms with Crippen LogP contribution < -0.4 is 4.74 Å². The van der Waals surface area contributed by atoms with E-state index < -0.39 is 0 Å². The van der Waals surface area contributed by atoms with Crippen molar-refractivity contribution in [3.05, 3.63) is 72.2 Å². The highest BCUT2D eigenvalue weighted by atomic mass is 32.2. The van der Waals surface area contributed by atoms with Crippen LogP contribution in [-0.4, -0.2) is 24.1 Å². The van der Waals surface area contributed by atoms with E-state index >= 15 is 0 Å². The van der Waals surface area contributed by atoms with Crippen LogP contribution in [0.4, 0.5) is 4.39 Å². The number of hydrogen-bond acceptors (Lipinski definition) is 5. The number of aromatic nitrogens is 5. The first-order valence-electron chi connectivity index (χ1n) is 8.47. The van der Waals surface area contributed by atoms with Crippen LogP contribution in [0.3, 0.4) is 0 Å². The molecule has 0 fully saturated rings. The number of imidazole rings is 1. The van der Waals surface area contributed by atoms with E-state index in [4.69, 9.17) is 4.74 Å². The predicted octanol–water partition coefficient (Wildman–Crippen LogP) is 4.03. The van der Waals surface area contributed by atoms with Crippen LogP contribution >= 0.6 is 11.8 Å². The van der Waals surface area contributed by atoms with Gasteiger partial charge in [-0.2, -0.15) is 0 Å². The average molecular weight is 383 g/mol. The second kappa shape index (κ2) is 7.40. The number of halogens is 1. The van der Waals surface area contributed by atoms with E-state index in [1.807, 2.05) is 53.5 Å². The monoisotopic (exact) mass is 383 g/mol. The zero-order chi connectivity index (χ0) is 18.8.